The molecule has 0 aliphatic carbocycles. The molecule has 0 saturated heterocycles. The van der Waals surface area contributed by atoms with Crippen molar-refractivity contribution >= 4 is 21.9 Å². The Bertz CT molecular complexity index is 1070. The quantitative estimate of drug-likeness (QED) is 0.652. The second-order valence-electron chi connectivity index (χ2n) is 6.00. The van der Waals surface area contributed by atoms with Crippen molar-refractivity contribution in [2.75, 3.05) is 26.5 Å². The molecule has 0 spiro atoms. The van der Waals surface area contributed by atoms with Crippen molar-refractivity contribution in [2.24, 2.45) is 0 Å². The lowest BCUT2D eigenvalue weighted by molar-refractivity contribution is 0.102. The van der Waals surface area contributed by atoms with Gasteiger partial charge in [0, 0.05) is 25.2 Å². The molecule has 2 N–H and O–H groups in total. The fourth-order valence-corrected chi connectivity index (χ4v) is 3.26. The average molecular weight is 401 g/mol. The Morgan fingerprint density at radius 3 is 2.29 bits per heavy atom. The summed E-state index contributed by atoms with van der Waals surface area (Å²) in [6.07, 6.45) is 0. The summed E-state index contributed by atoms with van der Waals surface area (Å²) >= 11 is 0. The second kappa shape index (κ2) is 7.79. The maximum Gasteiger partial charge on any atom is 0.258 e. The highest BCUT2D eigenvalue weighted by Gasteiger charge is 2.18. The van der Waals surface area contributed by atoms with Gasteiger partial charge < -0.3 is 4.74 Å². The van der Waals surface area contributed by atoms with E-state index in [1.807, 2.05) is 12.1 Å². The highest BCUT2D eigenvalue weighted by molar-refractivity contribution is 7.89. The Kier molecular flexibility index (Phi) is 5.43. The number of hydrogen-bond donors (Lipinski definition) is 2. The summed E-state index contributed by atoms with van der Waals surface area (Å²) in [6, 6.07) is 12.8. The smallest absolute Gasteiger partial charge is 0.258 e. The number of aromatic nitrogens is 3. The summed E-state index contributed by atoms with van der Waals surface area (Å²) in [4.78, 5) is 16.7. The number of rotatable bonds is 6. The first-order valence-corrected chi connectivity index (χ1v) is 9.66. The number of nitrogens with one attached hydrogen (secondary N) is 2. The number of nitrogens with zero attached hydrogens (tertiary/aromatic N) is 3. The molecular weight excluding hydrogens is 382 g/mol. The van der Waals surface area contributed by atoms with E-state index in [-0.39, 0.29) is 16.4 Å². The van der Waals surface area contributed by atoms with Crippen LogP contribution in [0.2, 0.25) is 0 Å². The summed E-state index contributed by atoms with van der Waals surface area (Å²) in [6.45, 7) is 0. The van der Waals surface area contributed by atoms with E-state index < -0.39 is 15.9 Å². The average Bonchev–Trinajstić information content (AvgIpc) is 3.16. The lowest BCUT2D eigenvalue weighted by Crippen LogP contribution is -2.22. The molecular formula is C18H19N5O4S. The molecule has 0 aliphatic heterocycles. The summed E-state index contributed by atoms with van der Waals surface area (Å²) < 4.78 is 30.4. The lowest BCUT2D eigenvalue weighted by atomic mass is 10.2. The number of H-pyrrole nitrogens is 1. The minimum atomic E-state index is -3.55. The zero-order valence-electron chi connectivity index (χ0n) is 15.5. The molecule has 0 radical (unpaired) electrons. The van der Waals surface area contributed by atoms with Gasteiger partial charge in [0.2, 0.25) is 16.0 Å². The van der Waals surface area contributed by atoms with Crippen LogP contribution in [0.15, 0.2) is 53.4 Å². The Balaban J connectivity index is 1.72. The van der Waals surface area contributed by atoms with Gasteiger partial charge in [-0.2, -0.15) is 4.98 Å². The second-order valence-corrected chi connectivity index (χ2v) is 8.15. The van der Waals surface area contributed by atoms with Gasteiger partial charge in [-0.05, 0) is 48.5 Å². The molecule has 146 valence electrons. The van der Waals surface area contributed by atoms with E-state index in [1.165, 1.54) is 38.4 Å². The third-order valence-corrected chi connectivity index (χ3v) is 5.80. The highest BCUT2D eigenvalue weighted by Crippen LogP contribution is 2.20. The van der Waals surface area contributed by atoms with E-state index in [0.29, 0.717) is 5.82 Å². The number of sulfonamides is 1. The predicted octanol–water partition coefficient (Wildman–Crippen LogP) is 1.98. The molecule has 0 bridgehead atoms. The zero-order chi connectivity index (χ0) is 20.3. The normalized spacial score (nSPS) is 11.4. The standard InChI is InChI=1S/C18H19N5O4S/c1-23(2)28(25,26)15-10-6-13(7-11-15)17(24)20-18-19-16(21-22-18)12-4-8-14(27-3)9-5-12/h4-11H,1-3H3,(H2,19,20,21,22,24). The molecule has 1 heterocycles. The van der Waals surface area contributed by atoms with Gasteiger partial charge in [0.15, 0.2) is 5.82 Å². The van der Waals surface area contributed by atoms with E-state index >= 15 is 0 Å². The molecule has 2 aromatic carbocycles. The monoisotopic (exact) mass is 401 g/mol. The third-order valence-electron chi connectivity index (χ3n) is 3.97. The van der Waals surface area contributed by atoms with E-state index in [4.69, 9.17) is 4.74 Å². The zero-order valence-corrected chi connectivity index (χ0v) is 16.3. The van der Waals surface area contributed by atoms with Crippen LogP contribution in [0.1, 0.15) is 10.4 Å². The van der Waals surface area contributed by atoms with Crippen LogP contribution in [0.3, 0.4) is 0 Å². The van der Waals surface area contributed by atoms with E-state index in [0.717, 1.165) is 15.6 Å². The Morgan fingerprint density at radius 1 is 1.07 bits per heavy atom. The van der Waals surface area contributed by atoms with Gasteiger partial charge in [-0.1, -0.05) is 0 Å². The molecule has 0 saturated carbocycles. The maximum absolute atomic E-state index is 12.4. The van der Waals surface area contributed by atoms with Crippen LogP contribution in [0.5, 0.6) is 5.75 Å². The van der Waals surface area contributed by atoms with Crippen LogP contribution < -0.4 is 10.1 Å². The van der Waals surface area contributed by atoms with E-state index in [1.54, 1.807) is 19.2 Å². The molecule has 28 heavy (non-hydrogen) atoms. The number of hydrogen-bond acceptors (Lipinski definition) is 6. The van der Waals surface area contributed by atoms with Gasteiger partial charge in [-0.3, -0.25) is 15.2 Å². The summed E-state index contributed by atoms with van der Waals surface area (Å²) in [5.74, 6) is 0.872. The molecule has 10 heteroatoms. The van der Waals surface area contributed by atoms with Gasteiger partial charge in [-0.25, -0.2) is 12.7 Å². The summed E-state index contributed by atoms with van der Waals surface area (Å²) in [7, 11) is 0.923. The first-order chi connectivity index (χ1) is 13.3. The summed E-state index contributed by atoms with van der Waals surface area (Å²) in [5, 5.41) is 9.31. The van der Waals surface area contributed by atoms with Crippen molar-refractivity contribution < 1.29 is 17.9 Å². The summed E-state index contributed by atoms with van der Waals surface area (Å²) in [5.41, 5.74) is 1.07. The van der Waals surface area contributed by atoms with Crippen LogP contribution in [0.25, 0.3) is 11.4 Å². The number of carbonyl (C=O) groups excluding carboxylic acids is 1. The first kappa shape index (κ1) is 19.5. The van der Waals surface area contributed by atoms with Gasteiger partial charge in [0.25, 0.3) is 5.91 Å². The van der Waals surface area contributed by atoms with Gasteiger partial charge in [0.05, 0.1) is 12.0 Å². The van der Waals surface area contributed by atoms with Crippen molar-refractivity contribution in [3.8, 4) is 17.1 Å². The molecule has 1 aromatic heterocycles. The molecule has 9 nitrogen and oxygen atoms in total. The van der Waals surface area contributed by atoms with Crippen LogP contribution in [-0.2, 0) is 10.0 Å². The fraction of sp³-hybridized carbons (Fsp3) is 0.167. The van der Waals surface area contributed by atoms with Gasteiger partial charge in [0.1, 0.15) is 5.75 Å². The van der Waals surface area contributed by atoms with Crippen LogP contribution in [0, 0.1) is 0 Å². The first-order valence-electron chi connectivity index (χ1n) is 8.22. The van der Waals surface area contributed by atoms with Crippen LogP contribution in [0.4, 0.5) is 5.95 Å². The molecule has 1 amide bonds. The minimum absolute atomic E-state index is 0.105. The number of benzene rings is 2. The van der Waals surface area contributed by atoms with E-state index in [2.05, 4.69) is 20.5 Å². The predicted molar refractivity (Wildman–Crippen MR) is 104 cm³/mol. The fourth-order valence-electron chi connectivity index (χ4n) is 2.36. The van der Waals surface area contributed by atoms with Crippen molar-refractivity contribution in [3.05, 3.63) is 54.1 Å². The lowest BCUT2D eigenvalue weighted by Gasteiger charge is -2.11. The number of aromatic amines is 1. The molecule has 3 aromatic rings. The molecule has 0 unspecified atom stereocenters. The van der Waals surface area contributed by atoms with Crippen molar-refractivity contribution in [1.29, 1.82) is 0 Å². The van der Waals surface area contributed by atoms with E-state index in [9.17, 15) is 13.2 Å². The largest absolute Gasteiger partial charge is 0.497 e. The number of anilines is 1. The maximum atomic E-state index is 12.4. The Morgan fingerprint density at radius 2 is 1.71 bits per heavy atom. The molecule has 0 fully saturated rings. The minimum Gasteiger partial charge on any atom is -0.497 e. The molecule has 0 atom stereocenters. The molecule has 3 rings (SSSR count). The number of amides is 1. The topological polar surface area (TPSA) is 117 Å². The van der Waals surface area contributed by atoms with Gasteiger partial charge >= 0.3 is 0 Å². The number of carbonyl (C=O) groups is 1. The van der Waals surface area contributed by atoms with Crippen molar-refractivity contribution in [3.63, 3.8) is 0 Å². The van der Waals surface area contributed by atoms with Crippen molar-refractivity contribution in [1.82, 2.24) is 19.5 Å². The van der Waals surface area contributed by atoms with Crippen LogP contribution >= 0.6 is 0 Å². The van der Waals surface area contributed by atoms with Crippen LogP contribution in [-0.4, -0.2) is 55.0 Å². The van der Waals surface area contributed by atoms with Gasteiger partial charge in [-0.15, -0.1) is 5.10 Å². The van der Waals surface area contributed by atoms with Crippen molar-refractivity contribution in [2.45, 2.75) is 4.90 Å². The Labute approximate surface area is 162 Å². The number of ether oxygens (including phenoxy) is 1. The molecule has 0 aliphatic rings. The number of methoxy groups -OCH3 is 1. The SMILES string of the molecule is COc1ccc(-c2nc(NC(=O)c3ccc(S(=O)(=O)N(C)C)cc3)n[nH]2)cc1. The Hall–Kier alpha value is -3.24. The third kappa shape index (κ3) is 4.02. The highest BCUT2D eigenvalue weighted by atomic mass is 32.2.